The van der Waals surface area contributed by atoms with E-state index in [4.69, 9.17) is 0 Å². The fourth-order valence-corrected chi connectivity index (χ4v) is 4.21. The van der Waals surface area contributed by atoms with Crippen LogP contribution < -0.4 is 5.19 Å². The molecule has 2 aromatic carbocycles. The van der Waals surface area contributed by atoms with Crippen molar-refractivity contribution >= 4 is 13.3 Å². The van der Waals surface area contributed by atoms with Crippen LogP contribution in [0.25, 0.3) is 0 Å². The molecular formula is C17H19FSi. The topological polar surface area (TPSA) is 0 Å². The lowest BCUT2D eigenvalue weighted by Gasteiger charge is -2.26. The summed E-state index contributed by atoms with van der Waals surface area (Å²) in [6.45, 7) is 8.92. The molecule has 2 aromatic rings. The zero-order chi connectivity index (χ0) is 13.9. The summed E-state index contributed by atoms with van der Waals surface area (Å²) < 4.78 is 12.9. The second kappa shape index (κ2) is 5.53. The van der Waals surface area contributed by atoms with Crippen molar-refractivity contribution in [2.75, 3.05) is 0 Å². The van der Waals surface area contributed by atoms with Crippen LogP contribution in [0.4, 0.5) is 4.39 Å². The Morgan fingerprint density at radius 1 is 1.00 bits per heavy atom. The predicted molar refractivity (Wildman–Crippen MR) is 82.8 cm³/mol. The van der Waals surface area contributed by atoms with Gasteiger partial charge in [-0.05, 0) is 24.1 Å². The Balaban J connectivity index is 2.17. The molecule has 0 amide bonds. The molecule has 0 atom stereocenters. The number of rotatable bonds is 4. The van der Waals surface area contributed by atoms with E-state index in [1.54, 1.807) is 0 Å². The maximum Gasteiger partial charge on any atom is 0.123 e. The Morgan fingerprint density at radius 2 is 1.58 bits per heavy atom. The highest BCUT2D eigenvalue weighted by molar-refractivity contribution is 6.95. The van der Waals surface area contributed by atoms with Gasteiger partial charge < -0.3 is 0 Å². The Bertz CT molecular complexity index is 556. The Kier molecular flexibility index (Phi) is 4.01. The third kappa shape index (κ3) is 3.21. The van der Waals surface area contributed by atoms with E-state index in [0.717, 1.165) is 12.0 Å². The minimum Gasteiger partial charge on any atom is -0.207 e. The van der Waals surface area contributed by atoms with Gasteiger partial charge in [0.25, 0.3) is 0 Å². The number of allylic oxidation sites excluding steroid dienone is 1. The molecule has 0 unspecified atom stereocenters. The number of hydrogen-bond donors (Lipinski definition) is 0. The van der Waals surface area contributed by atoms with Crippen LogP contribution in [0.1, 0.15) is 5.56 Å². The van der Waals surface area contributed by atoms with Gasteiger partial charge in [0.1, 0.15) is 13.9 Å². The second-order valence-corrected chi connectivity index (χ2v) is 9.93. The molecule has 0 saturated carbocycles. The normalized spacial score (nSPS) is 11.3. The zero-order valence-corrected chi connectivity index (χ0v) is 12.5. The van der Waals surface area contributed by atoms with Crippen molar-refractivity contribution in [3.05, 3.63) is 77.8 Å². The van der Waals surface area contributed by atoms with Crippen LogP contribution in [0.5, 0.6) is 0 Å². The van der Waals surface area contributed by atoms with Crippen LogP contribution in [0.3, 0.4) is 0 Å². The van der Waals surface area contributed by atoms with E-state index in [0.29, 0.717) is 0 Å². The molecule has 0 radical (unpaired) electrons. The first-order chi connectivity index (χ1) is 9.00. The van der Waals surface area contributed by atoms with Gasteiger partial charge in [0.05, 0.1) is 0 Å². The minimum atomic E-state index is -1.67. The van der Waals surface area contributed by atoms with Gasteiger partial charge in [0.2, 0.25) is 0 Å². The van der Waals surface area contributed by atoms with Crippen molar-refractivity contribution in [3.63, 3.8) is 0 Å². The molecule has 0 fully saturated rings. The van der Waals surface area contributed by atoms with Gasteiger partial charge in [-0.2, -0.15) is 0 Å². The van der Waals surface area contributed by atoms with Crippen LogP contribution in [0, 0.1) is 5.82 Å². The molecule has 0 heterocycles. The fourth-order valence-electron chi connectivity index (χ4n) is 2.13. The highest BCUT2D eigenvalue weighted by Crippen LogP contribution is 2.18. The Morgan fingerprint density at radius 3 is 2.16 bits per heavy atom. The van der Waals surface area contributed by atoms with Gasteiger partial charge in [-0.15, -0.1) is 6.58 Å². The number of benzene rings is 2. The van der Waals surface area contributed by atoms with Crippen molar-refractivity contribution < 1.29 is 4.39 Å². The van der Waals surface area contributed by atoms with Crippen molar-refractivity contribution in [3.8, 4) is 0 Å². The van der Waals surface area contributed by atoms with Gasteiger partial charge in [0, 0.05) is 0 Å². The summed E-state index contributed by atoms with van der Waals surface area (Å²) in [5.41, 5.74) is 1.13. The van der Waals surface area contributed by atoms with Crippen molar-refractivity contribution in [2.24, 2.45) is 0 Å². The molecule has 0 spiro atoms. The average Bonchev–Trinajstić information content (AvgIpc) is 2.42. The first kappa shape index (κ1) is 13.8. The third-order valence-electron chi connectivity index (χ3n) is 3.71. The molecule has 0 saturated heterocycles. The monoisotopic (exact) mass is 270 g/mol. The van der Waals surface area contributed by atoms with Crippen LogP contribution in [0.2, 0.25) is 13.1 Å². The summed E-state index contributed by atoms with van der Waals surface area (Å²) in [6, 6.07) is 17.3. The van der Waals surface area contributed by atoms with Crippen molar-refractivity contribution in [2.45, 2.75) is 19.5 Å². The van der Waals surface area contributed by atoms with E-state index < -0.39 is 8.07 Å². The summed E-state index contributed by atoms with van der Waals surface area (Å²) >= 11 is 0. The standard InChI is InChI=1S/C17H19FSi/c1-14(13-15-9-11-16(18)12-10-15)19(2,3)17-7-5-4-6-8-17/h4-12H,1,13H2,2-3H3. The van der Waals surface area contributed by atoms with Crippen molar-refractivity contribution in [1.29, 1.82) is 0 Å². The minimum absolute atomic E-state index is 0.186. The van der Waals surface area contributed by atoms with Gasteiger partial charge in [-0.3, -0.25) is 0 Å². The number of hydrogen-bond acceptors (Lipinski definition) is 0. The molecule has 0 aliphatic carbocycles. The van der Waals surface area contributed by atoms with E-state index in [1.165, 1.54) is 22.5 Å². The molecule has 2 rings (SSSR count). The number of halogens is 1. The van der Waals surface area contributed by atoms with Crippen LogP contribution in [-0.4, -0.2) is 8.07 Å². The second-order valence-electron chi connectivity index (χ2n) is 5.40. The summed E-state index contributed by atoms with van der Waals surface area (Å²) in [7, 11) is -1.67. The van der Waals surface area contributed by atoms with Gasteiger partial charge in [-0.1, -0.05) is 65.9 Å². The summed E-state index contributed by atoms with van der Waals surface area (Å²) in [5.74, 6) is -0.186. The SMILES string of the molecule is C=C(Cc1ccc(F)cc1)[Si](C)(C)c1ccccc1. The van der Waals surface area contributed by atoms with Gasteiger partial charge in [-0.25, -0.2) is 4.39 Å². The van der Waals surface area contributed by atoms with Crippen molar-refractivity contribution in [1.82, 2.24) is 0 Å². The molecule has 0 aromatic heterocycles. The lowest BCUT2D eigenvalue weighted by Crippen LogP contribution is -2.44. The van der Waals surface area contributed by atoms with Crippen LogP contribution >= 0.6 is 0 Å². The Hall–Kier alpha value is -1.67. The van der Waals surface area contributed by atoms with Crippen LogP contribution in [0.15, 0.2) is 66.4 Å². The molecule has 0 aliphatic rings. The van der Waals surface area contributed by atoms with E-state index in [-0.39, 0.29) is 5.82 Å². The highest BCUT2D eigenvalue weighted by atomic mass is 28.3. The van der Waals surface area contributed by atoms with Gasteiger partial charge in [0.15, 0.2) is 0 Å². The first-order valence-corrected chi connectivity index (χ1v) is 9.48. The zero-order valence-electron chi connectivity index (χ0n) is 11.5. The molecular weight excluding hydrogens is 251 g/mol. The van der Waals surface area contributed by atoms with E-state index >= 15 is 0 Å². The van der Waals surface area contributed by atoms with E-state index in [1.807, 2.05) is 18.2 Å². The third-order valence-corrected chi connectivity index (χ3v) is 7.43. The molecule has 0 bridgehead atoms. The maximum absolute atomic E-state index is 12.9. The fraction of sp³-hybridized carbons (Fsp3) is 0.176. The maximum atomic E-state index is 12.9. The molecule has 0 nitrogen and oxygen atoms in total. The first-order valence-electron chi connectivity index (χ1n) is 6.48. The van der Waals surface area contributed by atoms with E-state index in [9.17, 15) is 4.39 Å². The molecule has 19 heavy (non-hydrogen) atoms. The molecule has 0 aliphatic heterocycles. The highest BCUT2D eigenvalue weighted by Gasteiger charge is 2.26. The summed E-state index contributed by atoms with van der Waals surface area (Å²) in [6.07, 6.45) is 0.828. The average molecular weight is 270 g/mol. The van der Waals surface area contributed by atoms with Gasteiger partial charge >= 0.3 is 0 Å². The lowest BCUT2D eigenvalue weighted by atomic mass is 10.1. The predicted octanol–water partition coefficient (Wildman–Crippen LogP) is 4.08. The largest absolute Gasteiger partial charge is 0.207 e. The smallest absolute Gasteiger partial charge is 0.123 e. The molecule has 0 N–H and O–H groups in total. The molecule has 98 valence electrons. The van der Waals surface area contributed by atoms with Crippen LogP contribution in [-0.2, 0) is 6.42 Å². The quantitative estimate of drug-likeness (QED) is 0.734. The summed E-state index contributed by atoms with van der Waals surface area (Å²) in [4.78, 5) is 0. The van der Waals surface area contributed by atoms with E-state index in [2.05, 4.69) is 43.9 Å². The Labute approximate surface area is 115 Å². The molecule has 2 heteroatoms. The lowest BCUT2D eigenvalue weighted by molar-refractivity contribution is 0.627. The summed E-state index contributed by atoms with van der Waals surface area (Å²) in [5, 5.41) is 2.66.